The number of halogens is 1. The Labute approximate surface area is 92.7 Å². The molecule has 15 heavy (non-hydrogen) atoms. The number of benzene rings is 1. The summed E-state index contributed by atoms with van der Waals surface area (Å²) in [6.07, 6.45) is 0. The first-order valence-corrected chi connectivity index (χ1v) is 4.89. The number of anilines is 1. The van der Waals surface area contributed by atoms with Gasteiger partial charge in [-0.15, -0.1) is 0 Å². The third-order valence-corrected chi connectivity index (χ3v) is 2.53. The summed E-state index contributed by atoms with van der Waals surface area (Å²) >= 11 is 6.06. The maximum atomic E-state index is 6.06. The first-order valence-electron chi connectivity index (χ1n) is 4.51. The molecule has 0 fully saturated rings. The highest BCUT2D eigenvalue weighted by Crippen LogP contribution is 2.27. The van der Waals surface area contributed by atoms with Crippen LogP contribution in [0.1, 0.15) is 5.82 Å². The van der Waals surface area contributed by atoms with Crippen LogP contribution in [-0.4, -0.2) is 14.8 Å². The average molecular weight is 223 g/mol. The minimum atomic E-state index is 0.570. The Bertz CT molecular complexity index is 485. The van der Waals surface area contributed by atoms with Crippen LogP contribution in [0.25, 0.3) is 11.4 Å². The van der Waals surface area contributed by atoms with E-state index in [1.807, 2.05) is 20.0 Å². The summed E-state index contributed by atoms with van der Waals surface area (Å²) < 4.78 is 1.71. The molecule has 2 N–H and O–H groups in total. The van der Waals surface area contributed by atoms with Crippen molar-refractivity contribution in [3.8, 4) is 11.4 Å². The minimum absolute atomic E-state index is 0.570. The van der Waals surface area contributed by atoms with E-state index in [2.05, 4.69) is 10.1 Å². The highest BCUT2D eigenvalue weighted by atomic mass is 35.5. The monoisotopic (exact) mass is 222 g/mol. The number of hydrogen-bond acceptors (Lipinski definition) is 3. The lowest BCUT2D eigenvalue weighted by Gasteiger charge is -2.00. The van der Waals surface area contributed by atoms with E-state index in [4.69, 9.17) is 17.3 Å². The Kier molecular flexibility index (Phi) is 2.36. The van der Waals surface area contributed by atoms with Gasteiger partial charge in [-0.1, -0.05) is 11.6 Å². The van der Waals surface area contributed by atoms with Crippen LogP contribution in [0.2, 0.25) is 5.02 Å². The lowest BCUT2D eigenvalue weighted by atomic mass is 10.2. The lowest BCUT2D eigenvalue weighted by molar-refractivity contribution is 0.736. The standard InChI is InChI=1S/C10H11ClN4/c1-6-13-10(14-15(6)2)8-4-3-7(12)5-9(8)11/h3-5H,12H2,1-2H3. The number of aromatic nitrogens is 3. The van der Waals surface area contributed by atoms with E-state index >= 15 is 0 Å². The van der Waals surface area contributed by atoms with Gasteiger partial charge in [-0.3, -0.25) is 4.68 Å². The zero-order valence-electron chi connectivity index (χ0n) is 8.53. The van der Waals surface area contributed by atoms with E-state index in [0.29, 0.717) is 16.5 Å². The van der Waals surface area contributed by atoms with Gasteiger partial charge in [-0.25, -0.2) is 4.98 Å². The fourth-order valence-corrected chi connectivity index (χ4v) is 1.56. The van der Waals surface area contributed by atoms with Crippen LogP contribution in [0.5, 0.6) is 0 Å². The van der Waals surface area contributed by atoms with Crippen molar-refractivity contribution in [2.45, 2.75) is 6.92 Å². The van der Waals surface area contributed by atoms with Gasteiger partial charge in [0.15, 0.2) is 5.82 Å². The second kappa shape index (κ2) is 3.55. The maximum Gasteiger partial charge on any atom is 0.182 e. The van der Waals surface area contributed by atoms with Crippen molar-refractivity contribution in [2.24, 2.45) is 7.05 Å². The number of rotatable bonds is 1. The number of aryl methyl sites for hydroxylation is 2. The molecule has 2 rings (SSSR count). The molecule has 1 heterocycles. The Balaban J connectivity index is 2.54. The Morgan fingerprint density at radius 3 is 2.67 bits per heavy atom. The molecule has 0 aliphatic carbocycles. The summed E-state index contributed by atoms with van der Waals surface area (Å²) in [6.45, 7) is 1.89. The van der Waals surface area contributed by atoms with Crippen LogP contribution in [0.4, 0.5) is 5.69 Å². The molecule has 0 aliphatic rings. The Morgan fingerprint density at radius 1 is 1.40 bits per heavy atom. The van der Waals surface area contributed by atoms with Crippen LogP contribution >= 0.6 is 11.6 Å². The molecule has 0 saturated carbocycles. The molecule has 1 aromatic heterocycles. The van der Waals surface area contributed by atoms with E-state index in [1.165, 1.54) is 0 Å². The van der Waals surface area contributed by atoms with Crippen molar-refractivity contribution < 1.29 is 0 Å². The summed E-state index contributed by atoms with van der Waals surface area (Å²) in [4.78, 5) is 4.30. The van der Waals surface area contributed by atoms with Gasteiger partial charge >= 0.3 is 0 Å². The average Bonchev–Trinajstić information content (AvgIpc) is 2.46. The van der Waals surface area contributed by atoms with Crippen molar-refractivity contribution in [3.05, 3.63) is 29.0 Å². The van der Waals surface area contributed by atoms with E-state index in [1.54, 1.807) is 16.8 Å². The molecule has 0 aliphatic heterocycles. The molecule has 0 atom stereocenters. The molecule has 2 aromatic rings. The number of nitrogen functional groups attached to an aromatic ring is 1. The molecule has 78 valence electrons. The highest BCUT2D eigenvalue weighted by molar-refractivity contribution is 6.33. The topological polar surface area (TPSA) is 56.7 Å². The largest absolute Gasteiger partial charge is 0.399 e. The van der Waals surface area contributed by atoms with Crippen molar-refractivity contribution in [3.63, 3.8) is 0 Å². The summed E-state index contributed by atoms with van der Waals surface area (Å²) in [5, 5.41) is 4.82. The van der Waals surface area contributed by atoms with Crippen LogP contribution < -0.4 is 5.73 Å². The van der Waals surface area contributed by atoms with Crippen LogP contribution in [-0.2, 0) is 7.05 Å². The number of nitrogens with two attached hydrogens (primary N) is 1. The summed E-state index contributed by atoms with van der Waals surface area (Å²) in [6, 6.07) is 5.31. The third kappa shape index (κ3) is 1.80. The fraction of sp³-hybridized carbons (Fsp3) is 0.200. The SMILES string of the molecule is Cc1nc(-c2ccc(N)cc2Cl)nn1C. The Morgan fingerprint density at radius 2 is 2.13 bits per heavy atom. The van der Waals surface area contributed by atoms with Crippen LogP contribution in [0.15, 0.2) is 18.2 Å². The minimum Gasteiger partial charge on any atom is -0.399 e. The summed E-state index contributed by atoms with van der Waals surface area (Å²) in [5.41, 5.74) is 7.05. The Hall–Kier alpha value is -1.55. The molecule has 0 spiro atoms. The lowest BCUT2D eigenvalue weighted by Crippen LogP contribution is -1.92. The zero-order valence-corrected chi connectivity index (χ0v) is 9.28. The molecule has 1 aromatic carbocycles. The van der Waals surface area contributed by atoms with E-state index in [-0.39, 0.29) is 0 Å². The molecular weight excluding hydrogens is 212 g/mol. The van der Waals surface area contributed by atoms with Gasteiger partial charge in [0.1, 0.15) is 5.82 Å². The first-order chi connectivity index (χ1) is 7.08. The molecule has 0 bridgehead atoms. The van der Waals surface area contributed by atoms with E-state index in [9.17, 15) is 0 Å². The maximum absolute atomic E-state index is 6.06. The second-order valence-electron chi connectivity index (χ2n) is 3.35. The summed E-state index contributed by atoms with van der Waals surface area (Å²) in [5.74, 6) is 1.47. The molecular formula is C10H11ClN4. The van der Waals surface area contributed by atoms with Crippen LogP contribution in [0, 0.1) is 6.92 Å². The fourth-order valence-electron chi connectivity index (χ4n) is 1.29. The highest BCUT2D eigenvalue weighted by Gasteiger charge is 2.09. The molecule has 5 heteroatoms. The normalized spacial score (nSPS) is 10.6. The van der Waals surface area contributed by atoms with Gasteiger partial charge in [-0.05, 0) is 25.1 Å². The van der Waals surface area contributed by atoms with Gasteiger partial charge in [0.05, 0.1) is 5.02 Å². The van der Waals surface area contributed by atoms with Gasteiger partial charge in [0.25, 0.3) is 0 Å². The van der Waals surface area contributed by atoms with E-state index < -0.39 is 0 Å². The number of nitrogens with zero attached hydrogens (tertiary/aromatic N) is 3. The predicted octanol–water partition coefficient (Wildman–Crippen LogP) is 2.03. The zero-order chi connectivity index (χ0) is 11.0. The van der Waals surface area contributed by atoms with Gasteiger partial charge in [0, 0.05) is 18.3 Å². The quantitative estimate of drug-likeness (QED) is 0.752. The number of hydrogen-bond donors (Lipinski definition) is 1. The molecule has 0 radical (unpaired) electrons. The van der Waals surface area contributed by atoms with Crippen molar-refractivity contribution in [1.29, 1.82) is 0 Å². The molecule has 0 saturated heterocycles. The van der Waals surface area contributed by atoms with Gasteiger partial charge in [-0.2, -0.15) is 5.10 Å². The molecule has 0 amide bonds. The van der Waals surface area contributed by atoms with Crippen molar-refractivity contribution in [1.82, 2.24) is 14.8 Å². The molecule has 0 unspecified atom stereocenters. The molecule has 4 nitrogen and oxygen atoms in total. The van der Waals surface area contributed by atoms with Crippen molar-refractivity contribution in [2.75, 3.05) is 5.73 Å². The second-order valence-corrected chi connectivity index (χ2v) is 3.75. The third-order valence-electron chi connectivity index (χ3n) is 2.21. The van der Waals surface area contributed by atoms with Gasteiger partial charge < -0.3 is 5.73 Å². The van der Waals surface area contributed by atoms with Crippen molar-refractivity contribution >= 4 is 17.3 Å². The summed E-state index contributed by atoms with van der Waals surface area (Å²) in [7, 11) is 1.84. The van der Waals surface area contributed by atoms with Crippen LogP contribution in [0.3, 0.4) is 0 Å². The van der Waals surface area contributed by atoms with Gasteiger partial charge in [0.2, 0.25) is 0 Å². The van der Waals surface area contributed by atoms with E-state index in [0.717, 1.165) is 11.4 Å². The first kappa shape index (κ1) is 9.98. The smallest absolute Gasteiger partial charge is 0.182 e. The predicted molar refractivity (Wildman–Crippen MR) is 60.6 cm³/mol.